The minimum Gasteiger partial charge on any atom is -0.327 e. The van der Waals surface area contributed by atoms with Crippen LogP contribution in [0, 0.1) is 0 Å². The molecule has 0 aliphatic rings. The second-order valence-electron chi connectivity index (χ2n) is 2.57. The van der Waals surface area contributed by atoms with Crippen molar-refractivity contribution in [1.29, 1.82) is 0 Å². The van der Waals surface area contributed by atoms with Crippen molar-refractivity contribution in [3.63, 3.8) is 0 Å². The van der Waals surface area contributed by atoms with Crippen LogP contribution < -0.4 is 0 Å². The lowest BCUT2D eigenvalue weighted by Crippen LogP contribution is -2.42. The van der Waals surface area contributed by atoms with Crippen molar-refractivity contribution in [1.82, 2.24) is 0 Å². The van der Waals surface area contributed by atoms with E-state index in [1.165, 1.54) is 24.1 Å². The molecule has 0 bridgehead atoms. The summed E-state index contributed by atoms with van der Waals surface area (Å²) < 4.78 is 1.21. The predicted molar refractivity (Wildman–Crippen MR) is 45.1 cm³/mol. The molecule has 0 rings (SSSR count). The second kappa shape index (κ2) is 5.07. The lowest BCUT2D eigenvalue weighted by molar-refractivity contribution is -0.904. The third-order valence-electron chi connectivity index (χ3n) is 2.29. The van der Waals surface area contributed by atoms with E-state index < -0.39 is 0 Å². The van der Waals surface area contributed by atoms with Crippen LogP contribution in [0.15, 0.2) is 0 Å². The molecule has 58 valence electrons. The van der Waals surface area contributed by atoms with Crippen LogP contribution in [-0.2, 0) is 0 Å². The molecule has 0 aromatic heterocycles. The van der Waals surface area contributed by atoms with E-state index in [9.17, 15) is 0 Å². The maximum Gasteiger partial charge on any atom is 0.0755 e. The molecule has 2 heteroatoms. The standard InChI is InChI=1S/C7H18N.ClH/c1-5-8(4,6-2)7-3;/h5-7H2,1-4H3;1H/q+1;. The number of rotatable bonds is 3. The molecule has 0 amide bonds. The average molecular weight is 153 g/mol. The zero-order valence-electron chi connectivity index (χ0n) is 6.98. The van der Waals surface area contributed by atoms with Crippen LogP contribution >= 0.6 is 12.4 Å². The van der Waals surface area contributed by atoms with Crippen LogP contribution in [0.25, 0.3) is 0 Å². The van der Waals surface area contributed by atoms with Gasteiger partial charge < -0.3 is 4.48 Å². The van der Waals surface area contributed by atoms with Gasteiger partial charge in [0.15, 0.2) is 0 Å². The Kier molecular flexibility index (Phi) is 6.74. The number of hydrogen-bond acceptors (Lipinski definition) is 0. The normalized spacial score (nSPS) is 10.7. The zero-order chi connectivity index (χ0) is 6.62. The molecule has 9 heavy (non-hydrogen) atoms. The molecule has 1 nitrogen and oxygen atoms in total. The van der Waals surface area contributed by atoms with E-state index in [4.69, 9.17) is 0 Å². The molecule has 0 N–H and O–H groups in total. The van der Waals surface area contributed by atoms with Gasteiger partial charge in [-0.1, -0.05) is 0 Å². The van der Waals surface area contributed by atoms with E-state index in [1.54, 1.807) is 0 Å². The van der Waals surface area contributed by atoms with Crippen molar-refractivity contribution in [2.75, 3.05) is 26.7 Å². The first-order valence-corrected chi connectivity index (χ1v) is 3.52. The van der Waals surface area contributed by atoms with E-state index in [0.717, 1.165) is 0 Å². The zero-order valence-corrected chi connectivity index (χ0v) is 7.79. The molecule has 0 aromatic carbocycles. The lowest BCUT2D eigenvalue weighted by Gasteiger charge is -2.30. The van der Waals surface area contributed by atoms with Gasteiger partial charge in [0.05, 0.1) is 26.7 Å². The van der Waals surface area contributed by atoms with Gasteiger partial charge in [0.2, 0.25) is 0 Å². The third-order valence-corrected chi connectivity index (χ3v) is 2.29. The van der Waals surface area contributed by atoms with Gasteiger partial charge in [-0.15, -0.1) is 12.4 Å². The third kappa shape index (κ3) is 3.77. The van der Waals surface area contributed by atoms with Crippen LogP contribution in [0.5, 0.6) is 0 Å². The minimum absolute atomic E-state index is 0. The average Bonchev–Trinajstić information content (AvgIpc) is 1.87. The summed E-state index contributed by atoms with van der Waals surface area (Å²) in [5.74, 6) is 0. The van der Waals surface area contributed by atoms with Gasteiger partial charge in [0.25, 0.3) is 0 Å². The number of quaternary nitrogens is 1. The van der Waals surface area contributed by atoms with E-state index >= 15 is 0 Å². The Labute approximate surface area is 65.1 Å². The van der Waals surface area contributed by atoms with Gasteiger partial charge in [0.1, 0.15) is 0 Å². The van der Waals surface area contributed by atoms with Gasteiger partial charge in [-0.25, -0.2) is 0 Å². The fraction of sp³-hybridized carbons (Fsp3) is 1.00. The minimum atomic E-state index is 0. The van der Waals surface area contributed by atoms with Crippen molar-refractivity contribution in [3.8, 4) is 0 Å². The highest BCUT2D eigenvalue weighted by molar-refractivity contribution is 5.85. The van der Waals surface area contributed by atoms with E-state index in [0.29, 0.717) is 0 Å². The summed E-state index contributed by atoms with van der Waals surface area (Å²) in [6.07, 6.45) is 0. The Balaban J connectivity index is 0. The van der Waals surface area contributed by atoms with Crippen LogP contribution in [0.1, 0.15) is 20.8 Å². The molecule has 0 unspecified atom stereocenters. The SMILES string of the molecule is CC[N+](C)(CC)CC.Cl. The topological polar surface area (TPSA) is 0 Å². The molecule has 0 radical (unpaired) electrons. The number of nitrogens with zero attached hydrogens (tertiary/aromatic N) is 1. The van der Waals surface area contributed by atoms with E-state index in [-0.39, 0.29) is 12.4 Å². The summed E-state index contributed by atoms with van der Waals surface area (Å²) in [6.45, 7) is 10.5. The van der Waals surface area contributed by atoms with Crippen LogP contribution in [-0.4, -0.2) is 31.2 Å². The first kappa shape index (κ1) is 12.0. The second-order valence-corrected chi connectivity index (χ2v) is 2.57. The maximum absolute atomic E-state index is 2.29. The molecule has 0 aliphatic carbocycles. The summed E-state index contributed by atoms with van der Waals surface area (Å²) in [6, 6.07) is 0. The maximum atomic E-state index is 2.29. The fourth-order valence-corrected chi connectivity index (χ4v) is 0.671. The molecular weight excluding hydrogens is 134 g/mol. The lowest BCUT2D eigenvalue weighted by atomic mass is 10.4. The Morgan fingerprint density at radius 1 is 0.889 bits per heavy atom. The Morgan fingerprint density at radius 3 is 1.11 bits per heavy atom. The van der Waals surface area contributed by atoms with Gasteiger partial charge >= 0.3 is 0 Å². The van der Waals surface area contributed by atoms with Crippen LogP contribution in [0.3, 0.4) is 0 Å². The van der Waals surface area contributed by atoms with Gasteiger partial charge in [-0.05, 0) is 20.8 Å². The van der Waals surface area contributed by atoms with Crippen molar-refractivity contribution in [2.24, 2.45) is 0 Å². The Hall–Kier alpha value is 0.250. The number of halogens is 1. The first-order chi connectivity index (χ1) is 3.68. The first-order valence-electron chi connectivity index (χ1n) is 3.52. The molecule has 0 spiro atoms. The smallest absolute Gasteiger partial charge is 0.0755 e. The highest BCUT2D eigenvalue weighted by Gasteiger charge is 2.10. The summed E-state index contributed by atoms with van der Waals surface area (Å²) in [5.41, 5.74) is 0. The molecule has 0 heterocycles. The summed E-state index contributed by atoms with van der Waals surface area (Å²) in [7, 11) is 2.29. The fourth-order valence-electron chi connectivity index (χ4n) is 0.671. The van der Waals surface area contributed by atoms with Crippen LogP contribution in [0.4, 0.5) is 0 Å². The predicted octanol–water partition coefficient (Wildman–Crippen LogP) is 1.91. The summed E-state index contributed by atoms with van der Waals surface area (Å²) in [4.78, 5) is 0. The van der Waals surface area contributed by atoms with Crippen molar-refractivity contribution >= 4 is 12.4 Å². The molecule has 0 aliphatic heterocycles. The largest absolute Gasteiger partial charge is 0.327 e. The highest BCUT2D eigenvalue weighted by Crippen LogP contribution is 1.97. The molecule has 0 saturated carbocycles. The summed E-state index contributed by atoms with van der Waals surface area (Å²) in [5, 5.41) is 0. The highest BCUT2D eigenvalue weighted by atomic mass is 35.5. The molecule has 0 saturated heterocycles. The van der Waals surface area contributed by atoms with Gasteiger partial charge in [-0.3, -0.25) is 0 Å². The van der Waals surface area contributed by atoms with Gasteiger partial charge in [-0.2, -0.15) is 0 Å². The van der Waals surface area contributed by atoms with Crippen molar-refractivity contribution < 1.29 is 4.48 Å². The molecule has 0 fully saturated rings. The van der Waals surface area contributed by atoms with Crippen molar-refractivity contribution in [2.45, 2.75) is 20.8 Å². The Morgan fingerprint density at radius 2 is 1.11 bits per heavy atom. The number of hydrogen-bond donors (Lipinski definition) is 0. The van der Waals surface area contributed by atoms with Gasteiger partial charge in [0, 0.05) is 0 Å². The molecular formula is C7H19ClN+. The monoisotopic (exact) mass is 152 g/mol. The van der Waals surface area contributed by atoms with E-state index in [2.05, 4.69) is 27.8 Å². The molecule has 0 aromatic rings. The van der Waals surface area contributed by atoms with Crippen molar-refractivity contribution in [3.05, 3.63) is 0 Å². The van der Waals surface area contributed by atoms with E-state index in [1.807, 2.05) is 0 Å². The summed E-state index contributed by atoms with van der Waals surface area (Å²) >= 11 is 0. The quantitative estimate of drug-likeness (QED) is 0.543. The molecule has 0 atom stereocenters. The Bertz CT molecular complexity index is 51.7. The van der Waals surface area contributed by atoms with Crippen LogP contribution in [0.2, 0.25) is 0 Å².